The third kappa shape index (κ3) is 1.19. The fourth-order valence-corrected chi connectivity index (χ4v) is 0.736. The molecule has 0 heterocycles. The number of nitrogens with two attached hydrogens (primary N) is 1. The Balaban J connectivity index is 3.25. The van der Waals surface area contributed by atoms with Gasteiger partial charge in [0.25, 0.3) is 0 Å². The van der Waals surface area contributed by atoms with E-state index in [0.717, 1.165) is 0 Å². The van der Waals surface area contributed by atoms with Gasteiger partial charge in [0.1, 0.15) is 7.85 Å². The van der Waals surface area contributed by atoms with Crippen molar-refractivity contribution in [3.63, 3.8) is 0 Å². The topological polar surface area (TPSA) is 26.0 Å². The molecule has 0 fully saturated rings. The van der Waals surface area contributed by atoms with Gasteiger partial charge in [-0.25, -0.2) is 0 Å². The highest BCUT2D eigenvalue weighted by Gasteiger charge is 1.94. The summed E-state index contributed by atoms with van der Waals surface area (Å²) < 4.78 is 0. The number of nitrogen functional groups attached to an aromatic ring is 1. The van der Waals surface area contributed by atoms with Crippen molar-refractivity contribution in [3.05, 3.63) is 23.2 Å². The first kappa shape index (κ1) is 6.49. The van der Waals surface area contributed by atoms with Crippen molar-refractivity contribution in [2.75, 3.05) is 5.73 Å². The lowest BCUT2D eigenvalue weighted by atomic mass is 9.94. The maximum absolute atomic E-state index is 5.61. The summed E-state index contributed by atoms with van der Waals surface area (Å²) in [5.74, 6) is 0. The Morgan fingerprint density at radius 1 is 1.44 bits per heavy atom. The lowest BCUT2D eigenvalue weighted by Crippen LogP contribution is -2.09. The Bertz CT molecular complexity index is 204. The molecule has 0 saturated heterocycles. The molecule has 2 N–H and O–H groups in total. The molecule has 0 bridgehead atoms. The van der Waals surface area contributed by atoms with E-state index in [1.165, 1.54) is 0 Å². The molecule has 0 aromatic heterocycles. The predicted octanol–water partition coefficient (Wildman–Crippen LogP) is 0.716. The van der Waals surface area contributed by atoms with Gasteiger partial charge in [0.15, 0.2) is 0 Å². The molecule has 2 radical (unpaired) electrons. The zero-order valence-corrected chi connectivity index (χ0v) is 5.52. The van der Waals surface area contributed by atoms with Gasteiger partial charge in [-0.3, -0.25) is 0 Å². The third-order valence-electron chi connectivity index (χ3n) is 1.09. The predicted molar refractivity (Wildman–Crippen MR) is 41.3 cm³/mol. The smallest absolute Gasteiger partial charge is 0.118 e. The van der Waals surface area contributed by atoms with Crippen LogP contribution in [-0.4, -0.2) is 7.85 Å². The number of rotatable bonds is 0. The summed E-state index contributed by atoms with van der Waals surface area (Å²) in [5.41, 5.74) is 6.40. The van der Waals surface area contributed by atoms with Gasteiger partial charge in [-0.2, -0.15) is 0 Å². The zero-order chi connectivity index (χ0) is 6.85. The van der Waals surface area contributed by atoms with Gasteiger partial charge in [-0.15, -0.1) is 0 Å². The van der Waals surface area contributed by atoms with Crippen LogP contribution >= 0.6 is 11.6 Å². The molecule has 1 aromatic carbocycles. The molecule has 0 atom stereocenters. The summed E-state index contributed by atoms with van der Waals surface area (Å²) in [6.07, 6.45) is 0. The van der Waals surface area contributed by atoms with E-state index in [-0.39, 0.29) is 0 Å². The number of halogens is 1. The van der Waals surface area contributed by atoms with E-state index in [1.807, 2.05) is 0 Å². The molecular weight excluding hydrogens is 132 g/mol. The minimum absolute atomic E-state index is 0.458. The first-order valence-electron chi connectivity index (χ1n) is 2.51. The first-order chi connectivity index (χ1) is 4.22. The Hall–Kier alpha value is -0.625. The van der Waals surface area contributed by atoms with E-state index in [4.69, 9.17) is 25.2 Å². The van der Waals surface area contributed by atoms with Gasteiger partial charge in [0.05, 0.1) is 0 Å². The Kier molecular flexibility index (Phi) is 1.67. The maximum Gasteiger partial charge on any atom is 0.118 e. The van der Waals surface area contributed by atoms with Crippen LogP contribution in [0.5, 0.6) is 0 Å². The van der Waals surface area contributed by atoms with Crippen LogP contribution in [0.25, 0.3) is 0 Å². The summed E-state index contributed by atoms with van der Waals surface area (Å²) >= 11 is 5.61. The number of anilines is 1. The normalized spacial score (nSPS) is 9.44. The summed E-state index contributed by atoms with van der Waals surface area (Å²) in [6, 6.07) is 5.17. The summed E-state index contributed by atoms with van der Waals surface area (Å²) in [4.78, 5) is 0. The second kappa shape index (κ2) is 2.32. The summed E-state index contributed by atoms with van der Waals surface area (Å²) in [6.45, 7) is 0. The van der Waals surface area contributed by atoms with E-state index in [9.17, 15) is 0 Å². The Morgan fingerprint density at radius 3 is 2.56 bits per heavy atom. The first-order valence-corrected chi connectivity index (χ1v) is 2.89. The number of benzene rings is 1. The van der Waals surface area contributed by atoms with E-state index in [2.05, 4.69) is 0 Å². The van der Waals surface area contributed by atoms with Gasteiger partial charge >= 0.3 is 0 Å². The lowest BCUT2D eigenvalue weighted by Gasteiger charge is -1.99. The fourth-order valence-electron chi connectivity index (χ4n) is 0.554. The molecule has 0 aliphatic heterocycles. The lowest BCUT2D eigenvalue weighted by molar-refractivity contribution is 1.74. The van der Waals surface area contributed by atoms with Crippen LogP contribution in [0.1, 0.15) is 0 Å². The van der Waals surface area contributed by atoms with Crippen LogP contribution in [0.15, 0.2) is 18.2 Å². The third-order valence-corrected chi connectivity index (χ3v) is 1.42. The second-order valence-corrected chi connectivity index (χ2v) is 2.15. The van der Waals surface area contributed by atoms with Crippen LogP contribution in [0.3, 0.4) is 0 Å². The molecule has 1 nitrogen and oxygen atoms in total. The van der Waals surface area contributed by atoms with Gasteiger partial charge < -0.3 is 5.73 Å². The average Bonchev–Trinajstić information content (AvgIpc) is 1.83. The second-order valence-electron chi connectivity index (χ2n) is 1.74. The van der Waals surface area contributed by atoms with E-state index in [0.29, 0.717) is 16.2 Å². The SMILES string of the molecule is [B]c1c(N)cccc1Cl. The number of hydrogen-bond donors (Lipinski definition) is 1. The highest BCUT2D eigenvalue weighted by atomic mass is 35.5. The highest BCUT2D eigenvalue weighted by molar-refractivity contribution is 6.47. The van der Waals surface area contributed by atoms with Crippen molar-refractivity contribution in [1.82, 2.24) is 0 Å². The molecule has 1 aromatic rings. The van der Waals surface area contributed by atoms with E-state index < -0.39 is 0 Å². The van der Waals surface area contributed by atoms with Crippen molar-refractivity contribution in [3.8, 4) is 0 Å². The number of hydrogen-bond acceptors (Lipinski definition) is 1. The molecular formula is C6H5BClN. The molecule has 1 rings (SSSR count). The van der Waals surface area contributed by atoms with E-state index >= 15 is 0 Å². The van der Waals surface area contributed by atoms with Crippen LogP contribution in [-0.2, 0) is 0 Å². The minimum Gasteiger partial charge on any atom is -0.399 e. The Morgan fingerprint density at radius 2 is 2.11 bits per heavy atom. The molecule has 0 aliphatic carbocycles. The molecule has 0 aliphatic rings. The van der Waals surface area contributed by atoms with Crippen molar-refractivity contribution in [2.24, 2.45) is 0 Å². The van der Waals surface area contributed by atoms with Crippen LogP contribution < -0.4 is 11.2 Å². The molecule has 0 unspecified atom stereocenters. The maximum atomic E-state index is 5.61. The quantitative estimate of drug-likeness (QED) is 0.414. The van der Waals surface area contributed by atoms with Gasteiger partial charge in [-0.05, 0) is 12.1 Å². The summed E-state index contributed by atoms with van der Waals surface area (Å²) in [7, 11) is 5.42. The van der Waals surface area contributed by atoms with Crippen LogP contribution in [0, 0.1) is 0 Å². The molecule has 0 saturated carbocycles. The largest absolute Gasteiger partial charge is 0.399 e. The standard InChI is InChI=1S/C6H5BClN/c7-6-4(8)2-1-3-5(6)9/h1-3H,9H2. The fraction of sp³-hybridized carbons (Fsp3) is 0. The van der Waals surface area contributed by atoms with Gasteiger partial charge in [0.2, 0.25) is 0 Å². The molecule has 0 amide bonds. The average molecular weight is 137 g/mol. The van der Waals surface area contributed by atoms with Crippen molar-refractivity contribution in [1.29, 1.82) is 0 Å². The zero-order valence-electron chi connectivity index (χ0n) is 4.76. The molecule has 9 heavy (non-hydrogen) atoms. The van der Waals surface area contributed by atoms with Crippen molar-refractivity contribution < 1.29 is 0 Å². The highest BCUT2D eigenvalue weighted by Crippen LogP contribution is 2.06. The van der Waals surface area contributed by atoms with Gasteiger partial charge in [0, 0.05) is 10.7 Å². The molecule has 0 spiro atoms. The van der Waals surface area contributed by atoms with Gasteiger partial charge in [-0.1, -0.05) is 23.1 Å². The monoisotopic (exact) mass is 137 g/mol. The van der Waals surface area contributed by atoms with Crippen LogP contribution in [0.4, 0.5) is 5.69 Å². The van der Waals surface area contributed by atoms with Crippen LogP contribution in [0.2, 0.25) is 5.02 Å². The van der Waals surface area contributed by atoms with E-state index in [1.54, 1.807) is 18.2 Å². The van der Waals surface area contributed by atoms with Crippen molar-refractivity contribution >= 4 is 30.6 Å². The minimum atomic E-state index is 0.458. The molecule has 44 valence electrons. The summed E-state index contributed by atoms with van der Waals surface area (Å²) in [5, 5.41) is 0.509. The Labute approximate surface area is 60.2 Å². The van der Waals surface area contributed by atoms with Crippen molar-refractivity contribution in [2.45, 2.75) is 0 Å². The molecule has 3 heteroatoms.